The number of amides is 1. The molecule has 2 aromatic heterocycles. The molecule has 5 heterocycles. The average Bonchev–Trinajstić information content (AvgIpc) is 3.00. The van der Waals surface area contributed by atoms with Gasteiger partial charge in [0.05, 0.1) is 4.70 Å². The van der Waals surface area contributed by atoms with Crippen molar-refractivity contribution in [2.24, 2.45) is 5.92 Å². The number of hydrogen-bond donors (Lipinski definition) is 1. The van der Waals surface area contributed by atoms with Crippen LogP contribution in [0, 0.1) is 5.92 Å². The topological polar surface area (TPSA) is 45.2 Å². The first kappa shape index (κ1) is 14.8. The van der Waals surface area contributed by atoms with E-state index in [0.29, 0.717) is 17.7 Å². The minimum Gasteiger partial charge on any atom is -0.346 e. The highest BCUT2D eigenvalue weighted by atomic mass is 32.1. The average molecular weight is 327 g/mol. The van der Waals surface area contributed by atoms with Gasteiger partial charge in [-0.15, -0.1) is 11.3 Å². The molecule has 120 valence electrons. The number of aromatic nitrogens is 1. The SMILES string of the molecule is C=Cc1csc2cnc(C(=O)NC3C4CCN(CC4)C3C)cc12. The van der Waals surface area contributed by atoms with E-state index in [-0.39, 0.29) is 11.9 Å². The number of piperidine rings is 3. The second-order valence-corrected chi connectivity index (χ2v) is 7.49. The Bertz CT molecular complexity index is 759. The molecule has 2 aromatic rings. The molecule has 23 heavy (non-hydrogen) atoms. The molecule has 3 aliphatic rings. The van der Waals surface area contributed by atoms with Gasteiger partial charge in [-0.05, 0) is 55.8 Å². The number of nitrogens with one attached hydrogen (secondary N) is 1. The first-order valence-corrected chi connectivity index (χ1v) is 9.10. The molecule has 0 spiro atoms. The molecule has 0 aliphatic carbocycles. The summed E-state index contributed by atoms with van der Waals surface area (Å²) in [6.07, 6.45) is 6.00. The van der Waals surface area contributed by atoms with Gasteiger partial charge in [-0.1, -0.05) is 12.7 Å². The van der Waals surface area contributed by atoms with Gasteiger partial charge in [-0.25, -0.2) is 4.98 Å². The molecular formula is C18H21N3OS. The third kappa shape index (κ3) is 2.48. The lowest BCUT2D eigenvalue weighted by Crippen LogP contribution is -2.62. The molecule has 2 unspecified atom stereocenters. The number of pyridine rings is 1. The maximum Gasteiger partial charge on any atom is 0.270 e. The van der Waals surface area contributed by atoms with E-state index in [2.05, 4.69) is 34.1 Å². The van der Waals surface area contributed by atoms with Crippen LogP contribution in [-0.2, 0) is 0 Å². The summed E-state index contributed by atoms with van der Waals surface area (Å²) < 4.78 is 1.09. The molecule has 3 saturated heterocycles. The van der Waals surface area contributed by atoms with Crippen LogP contribution in [0.2, 0.25) is 0 Å². The van der Waals surface area contributed by atoms with Crippen molar-refractivity contribution in [3.63, 3.8) is 0 Å². The lowest BCUT2D eigenvalue weighted by molar-refractivity contribution is 0.0216. The van der Waals surface area contributed by atoms with Crippen LogP contribution in [0.5, 0.6) is 0 Å². The van der Waals surface area contributed by atoms with E-state index in [1.165, 1.54) is 25.9 Å². The fraction of sp³-hybridized carbons (Fsp3) is 0.444. The van der Waals surface area contributed by atoms with Crippen molar-refractivity contribution < 1.29 is 4.79 Å². The van der Waals surface area contributed by atoms with Crippen LogP contribution in [0.1, 0.15) is 35.8 Å². The molecular weight excluding hydrogens is 306 g/mol. The lowest BCUT2D eigenvalue weighted by atomic mass is 9.79. The Morgan fingerprint density at radius 1 is 1.48 bits per heavy atom. The highest BCUT2D eigenvalue weighted by Gasteiger charge is 2.40. The van der Waals surface area contributed by atoms with E-state index in [1.807, 2.05) is 12.1 Å². The summed E-state index contributed by atoms with van der Waals surface area (Å²) in [6, 6.07) is 2.55. The predicted octanol–water partition coefficient (Wildman–Crippen LogP) is 3.15. The summed E-state index contributed by atoms with van der Waals surface area (Å²) >= 11 is 1.63. The van der Waals surface area contributed by atoms with E-state index < -0.39 is 0 Å². The van der Waals surface area contributed by atoms with Crippen molar-refractivity contribution in [2.75, 3.05) is 13.1 Å². The zero-order chi connectivity index (χ0) is 16.0. The van der Waals surface area contributed by atoms with Crippen molar-refractivity contribution in [1.29, 1.82) is 0 Å². The minimum absolute atomic E-state index is 0.0567. The van der Waals surface area contributed by atoms with Gasteiger partial charge >= 0.3 is 0 Å². The van der Waals surface area contributed by atoms with E-state index in [4.69, 9.17) is 0 Å². The van der Waals surface area contributed by atoms with E-state index in [1.54, 1.807) is 17.5 Å². The van der Waals surface area contributed by atoms with E-state index in [0.717, 1.165) is 15.6 Å². The normalized spacial score (nSPS) is 29.6. The van der Waals surface area contributed by atoms with E-state index in [9.17, 15) is 4.79 Å². The van der Waals surface area contributed by atoms with Gasteiger partial charge in [-0.2, -0.15) is 0 Å². The molecule has 0 saturated carbocycles. The second kappa shape index (κ2) is 5.73. The number of nitrogens with zero attached hydrogens (tertiary/aromatic N) is 2. The summed E-state index contributed by atoms with van der Waals surface area (Å²) in [5.74, 6) is 0.547. The summed E-state index contributed by atoms with van der Waals surface area (Å²) in [5, 5.41) is 6.36. The van der Waals surface area contributed by atoms with E-state index >= 15 is 0 Å². The zero-order valence-corrected chi connectivity index (χ0v) is 14.1. The molecule has 2 bridgehead atoms. The summed E-state index contributed by atoms with van der Waals surface area (Å²) in [7, 11) is 0. The fourth-order valence-electron chi connectivity index (χ4n) is 4.01. The number of thiophene rings is 1. The van der Waals surface area contributed by atoms with Crippen LogP contribution in [0.25, 0.3) is 16.2 Å². The van der Waals surface area contributed by atoms with Crippen molar-refractivity contribution in [3.8, 4) is 0 Å². The monoisotopic (exact) mass is 327 g/mol. The summed E-state index contributed by atoms with van der Waals surface area (Å²) in [4.78, 5) is 19.5. The number of carbonyl (C=O) groups is 1. The van der Waals surface area contributed by atoms with Crippen molar-refractivity contribution >= 4 is 33.4 Å². The molecule has 3 aliphatic heterocycles. The van der Waals surface area contributed by atoms with Crippen LogP contribution in [0.4, 0.5) is 0 Å². The fourth-order valence-corrected chi connectivity index (χ4v) is 4.90. The van der Waals surface area contributed by atoms with Crippen LogP contribution in [-0.4, -0.2) is 41.0 Å². The van der Waals surface area contributed by atoms with Crippen LogP contribution in [0.3, 0.4) is 0 Å². The zero-order valence-electron chi connectivity index (χ0n) is 13.3. The lowest BCUT2D eigenvalue weighted by Gasteiger charge is -2.49. The maximum absolute atomic E-state index is 12.7. The molecule has 1 amide bonds. The number of fused-ring (bicyclic) bond motifs is 4. The third-order valence-corrected chi connectivity index (χ3v) is 6.37. The van der Waals surface area contributed by atoms with Crippen molar-refractivity contribution in [1.82, 2.24) is 15.2 Å². The Balaban J connectivity index is 1.58. The van der Waals surface area contributed by atoms with Crippen molar-refractivity contribution in [2.45, 2.75) is 31.8 Å². The predicted molar refractivity (Wildman–Crippen MR) is 94.7 cm³/mol. The molecule has 0 radical (unpaired) electrons. The van der Waals surface area contributed by atoms with Gasteiger partial charge in [0.1, 0.15) is 5.69 Å². The Kier molecular flexibility index (Phi) is 3.70. The van der Waals surface area contributed by atoms with Crippen molar-refractivity contribution in [3.05, 3.63) is 35.5 Å². The molecule has 1 N–H and O–H groups in total. The highest BCUT2D eigenvalue weighted by molar-refractivity contribution is 7.17. The Morgan fingerprint density at radius 3 is 2.96 bits per heavy atom. The molecule has 4 nitrogen and oxygen atoms in total. The minimum atomic E-state index is -0.0567. The summed E-state index contributed by atoms with van der Waals surface area (Å²) in [5.41, 5.74) is 1.57. The van der Waals surface area contributed by atoms with Gasteiger partial charge in [0, 0.05) is 23.7 Å². The molecule has 5 heteroatoms. The Morgan fingerprint density at radius 2 is 2.26 bits per heavy atom. The quantitative estimate of drug-likeness (QED) is 0.942. The van der Waals surface area contributed by atoms with Gasteiger partial charge in [-0.3, -0.25) is 9.69 Å². The van der Waals surface area contributed by atoms with Crippen LogP contribution < -0.4 is 5.32 Å². The number of hydrogen-bond acceptors (Lipinski definition) is 4. The number of rotatable bonds is 3. The highest BCUT2D eigenvalue weighted by Crippen LogP contribution is 2.32. The van der Waals surface area contributed by atoms with Gasteiger partial charge in [0.2, 0.25) is 0 Å². The smallest absolute Gasteiger partial charge is 0.270 e. The first-order valence-electron chi connectivity index (χ1n) is 8.22. The molecule has 2 atom stereocenters. The molecule has 5 rings (SSSR count). The maximum atomic E-state index is 12.7. The van der Waals surface area contributed by atoms with Gasteiger partial charge in [0.15, 0.2) is 0 Å². The number of carbonyl (C=O) groups excluding carboxylic acids is 1. The Labute approximate surface area is 140 Å². The van der Waals surface area contributed by atoms with Gasteiger partial charge in [0.25, 0.3) is 5.91 Å². The van der Waals surface area contributed by atoms with Crippen LogP contribution >= 0.6 is 11.3 Å². The van der Waals surface area contributed by atoms with Crippen LogP contribution in [0.15, 0.2) is 24.2 Å². The molecule has 0 aromatic carbocycles. The Hall–Kier alpha value is -1.72. The molecule has 3 fully saturated rings. The largest absolute Gasteiger partial charge is 0.346 e. The standard InChI is InChI=1S/C18H21N3OS/c1-3-12-10-23-16-9-19-15(8-14(12)16)18(22)20-17-11(2)21-6-4-13(17)5-7-21/h3,8-11,13,17H,1,4-7H2,2H3,(H,20,22). The van der Waals surface area contributed by atoms with Gasteiger partial charge < -0.3 is 5.32 Å². The summed E-state index contributed by atoms with van der Waals surface area (Å²) in [6.45, 7) is 8.39. The third-order valence-electron chi connectivity index (χ3n) is 5.42. The first-order chi connectivity index (χ1) is 11.2. The second-order valence-electron chi connectivity index (χ2n) is 6.57.